The Morgan fingerprint density at radius 1 is 1.32 bits per heavy atom. The molecule has 1 aliphatic rings. The first kappa shape index (κ1) is 17.3. The number of carbonyl (C=O) groups excluding carboxylic acids is 2. The lowest BCUT2D eigenvalue weighted by atomic mass is 10.1. The van der Waals surface area contributed by atoms with Crippen LogP contribution < -0.4 is 15.7 Å². The van der Waals surface area contributed by atoms with Crippen molar-refractivity contribution in [3.63, 3.8) is 0 Å². The number of esters is 1. The van der Waals surface area contributed by atoms with Crippen LogP contribution in [0.5, 0.6) is 5.75 Å². The van der Waals surface area contributed by atoms with Crippen molar-refractivity contribution >= 4 is 34.4 Å². The van der Waals surface area contributed by atoms with Crippen molar-refractivity contribution < 1.29 is 23.5 Å². The van der Waals surface area contributed by atoms with Crippen molar-refractivity contribution in [1.82, 2.24) is 5.32 Å². The van der Waals surface area contributed by atoms with Gasteiger partial charge in [0.05, 0.1) is 11.6 Å². The van der Waals surface area contributed by atoms with Gasteiger partial charge in [0.15, 0.2) is 6.61 Å². The maximum Gasteiger partial charge on any atom is 0.339 e. The first-order chi connectivity index (χ1) is 11.9. The van der Waals surface area contributed by atoms with Gasteiger partial charge in [-0.25, -0.2) is 9.59 Å². The number of benzene rings is 1. The van der Waals surface area contributed by atoms with Crippen molar-refractivity contribution in [1.29, 1.82) is 0 Å². The zero-order chi connectivity index (χ0) is 18.1. The van der Waals surface area contributed by atoms with Gasteiger partial charge in [-0.3, -0.25) is 4.79 Å². The van der Waals surface area contributed by atoms with Crippen molar-refractivity contribution in [3.8, 4) is 5.75 Å². The Bertz CT molecular complexity index is 919. The van der Waals surface area contributed by atoms with Gasteiger partial charge in [-0.1, -0.05) is 11.6 Å². The van der Waals surface area contributed by atoms with Gasteiger partial charge in [0.25, 0.3) is 5.91 Å². The summed E-state index contributed by atoms with van der Waals surface area (Å²) in [5, 5.41) is 3.52. The van der Waals surface area contributed by atoms with E-state index in [9.17, 15) is 14.4 Å². The molecule has 1 unspecified atom stereocenters. The van der Waals surface area contributed by atoms with E-state index >= 15 is 0 Å². The quantitative estimate of drug-likeness (QED) is 0.656. The number of aryl methyl sites for hydroxylation is 1. The highest BCUT2D eigenvalue weighted by molar-refractivity contribution is 6.32. The minimum Gasteiger partial charge on any atom is -0.482 e. The number of rotatable bonds is 4. The second-order valence-corrected chi connectivity index (χ2v) is 6.19. The molecule has 1 aromatic carbocycles. The van der Waals surface area contributed by atoms with E-state index in [4.69, 9.17) is 25.5 Å². The molecule has 8 heteroatoms. The summed E-state index contributed by atoms with van der Waals surface area (Å²) < 4.78 is 15.4. The van der Waals surface area contributed by atoms with Gasteiger partial charge in [0, 0.05) is 23.4 Å². The number of nitrogens with one attached hydrogen (secondary N) is 1. The van der Waals surface area contributed by atoms with Gasteiger partial charge in [0.2, 0.25) is 0 Å². The van der Waals surface area contributed by atoms with E-state index in [2.05, 4.69) is 5.32 Å². The number of fused-ring (bicyclic) bond motifs is 1. The van der Waals surface area contributed by atoms with E-state index in [-0.39, 0.29) is 17.4 Å². The van der Waals surface area contributed by atoms with Gasteiger partial charge in [-0.15, -0.1) is 0 Å². The number of carbonyl (C=O) groups is 2. The molecular formula is C17H16ClNO6. The highest BCUT2D eigenvalue weighted by Gasteiger charge is 2.28. The molecule has 1 amide bonds. The maximum atomic E-state index is 11.9. The van der Waals surface area contributed by atoms with Gasteiger partial charge in [-0.2, -0.15) is 0 Å². The third-order valence-electron chi connectivity index (χ3n) is 4.14. The van der Waals surface area contributed by atoms with Crippen LogP contribution in [0.1, 0.15) is 17.5 Å². The van der Waals surface area contributed by atoms with Crippen LogP contribution in [0.25, 0.3) is 11.0 Å². The normalized spacial score (nSPS) is 16.8. The number of amides is 1. The molecule has 2 aromatic rings. The lowest BCUT2D eigenvalue weighted by Crippen LogP contribution is -2.40. The fraction of sp³-hybridized carbons (Fsp3) is 0.353. The SMILES string of the molecule is Cc1c(C)c2cc(Cl)c(OCC(=O)NC3CCOC3=O)cc2oc1=O. The molecule has 7 nitrogen and oxygen atoms in total. The number of halogens is 1. The topological polar surface area (TPSA) is 94.8 Å². The van der Waals surface area contributed by atoms with Crippen LogP contribution in [0.3, 0.4) is 0 Å². The minimum absolute atomic E-state index is 0.213. The molecule has 132 valence electrons. The number of ether oxygens (including phenoxy) is 2. The van der Waals surface area contributed by atoms with Crippen LogP contribution in [-0.4, -0.2) is 31.1 Å². The van der Waals surface area contributed by atoms with E-state index < -0.39 is 23.5 Å². The van der Waals surface area contributed by atoms with E-state index in [1.54, 1.807) is 19.9 Å². The summed E-state index contributed by atoms with van der Waals surface area (Å²) in [6.45, 7) is 3.44. The summed E-state index contributed by atoms with van der Waals surface area (Å²) in [6.07, 6.45) is 0.436. The van der Waals surface area contributed by atoms with Crippen LogP contribution in [0.15, 0.2) is 21.3 Å². The Hall–Kier alpha value is -2.54. The minimum atomic E-state index is -0.646. The van der Waals surface area contributed by atoms with Gasteiger partial charge in [-0.05, 0) is 25.5 Å². The van der Waals surface area contributed by atoms with Crippen molar-refractivity contribution in [2.75, 3.05) is 13.2 Å². The predicted octanol–water partition coefficient (Wildman–Crippen LogP) is 1.87. The summed E-state index contributed by atoms with van der Waals surface area (Å²) in [7, 11) is 0. The van der Waals surface area contributed by atoms with E-state index in [0.29, 0.717) is 29.6 Å². The molecule has 1 aromatic heterocycles. The zero-order valence-corrected chi connectivity index (χ0v) is 14.4. The van der Waals surface area contributed by atoms with Gasteiger partial charge < -0.3 is 19.2 Å². The molecule has 1 N–H and O–H groups in total. The Balaban J connectivity index is 1.76. The number of hydrogen-bond donors (Lipinski definition) is 1. The summed E-state index contributed by atoms with van der Waals surface area (Å²) >= 11 is 6.19. The van der Waals surface area contributed by atoms with Crippen molar-refractivity contribution in [2.45, 2.75) is 26.3 Å². The van der Waals surface area contributed by atoms with Crippen LogP contribution >= 0.6 is 11.6 Å². The summed E-state index contributed by atoms with van der Waals surface area (Å²) in [5.74, 6) is -0.712. The molecule has 1 fully saturated rings. The molecule has 1 atom stereocenters. The van der Waals surface area contributed by atoms with Gasteiger partial charge in [0.1, 0.15) is 17.4 Å². The molecule has 2 heterocycles. The number of hydrogen-bond acceptors (Lipinski definition) is 6. The average molecular weight is 366 g/mol. The van der Waals surface area contributed by atoms with E-state index in [1.807, 2.05) is 0 Å². The Labute approximate surface area is 147 Å². The Morgan fingerprint density at radius 2 is 2.08 bits per heavy atom. The van der Waals surface area contributed by atoms with Crippen LogP contribution in [0.2, 0.25) is 5.02 Å². The van der Waals surface area contributed by atoms with Crippen LogP contribution in [-0.2, 0) is 14.3 Å². The summed E-state index contributed by atoms with van der Waals surface area (Å²) in [6, 6.07) is 2.46. The molecule has 0 radical (unpaired) electrons. The molecule has 0 bridgehead atoms. The molecule has 3 rings (SSSR count). The monoisotopic (exact) mass is 365 g/mol. The van der Waals surface area contributed by atoms with Crippen LogP contribution in [0, 0.1) is 13.8 Å². The molecule has 1 saturated heterocycles. The second-order valence-electron chi connectivity index (χ2n) is 5.78. The standard InChI is InChI=1S/C17H16ClNO6/c1-8-9(2)16(21)25-13-6-14(11(18)5-10(8)13)24-7-15(20)19-12-3-4-23-17(12)22/h5-6,12H,3-4,7H2,1-2H3,(H,19,20). The first-order valence-electron chi connectivity index (χ1n) is 7.69. The fourth-order valence-electron chi connectivity index (χ4n) is 2.56. The van der Waals surface area contributed by atoms with Crippen LogP contribution in [0.4, 0.5) is 0 Å². The fourth-order valence-corrected chi connectivity index (χ4v) is 2.78. The Kier molecular flexibility index (Phi) is 4.67. The zero-order valence-electron chi connectivity index (χ0n) is 13.7. The maximum absolute atomic E-state index is 11.9. The molecule has 0 spiro atoms. The largest absolute Gasteiger partial charge is 0.482 e. The second kappa shape index (κ2) is 6.76. The molecule has 1 aliphatic heterocycles. The molecule has 25 heavy (non-hydrogen) atoms. The summed E-state index contributed by atoms with van der Waals surface area (Å²) in [5.41, 5.74) is 1.18. The lowest BCUT2D eigenvalue weighted by Gasteiger charge is -2.12. The lowest BCUT2D eigenvalue weighted by molar-refractivity contribution is -0.141. The Morgan fingerprint density at radius 3 is 2.76 bits per heavy atom. The smallest absolute Gasteiger partial charge is 0.339 e. The highest BCUT2D eigenvalue weighted by atomic mass is 35.5. The first-order valence-corrected chi connectivity index (χ1v) is 8.07. The molecule has 0 aliphatic carbocycles. The average Bonchev–Trinajstić information content (AvgIpc) is 2.97. The van der Waals surface area contributed by atoms with E-state index in [0.717, 1.165) is 5.56 Å². The molecular weight excluding hydrogens is 350 g/mol. The number of cyclic esters (lactones) is 1. The van der Waals surface area contributed by atoms with Gasteiger partial charge >= 0.3 is 11.6 Å². The molecule has 0 saturated carbocycles. The van der Waals surface area contributed by atoms with Crippen molar-refractivity contribution in [2.24, 2.45) is 0 Å². The predicted molar refractivity (Wildman–Crippen MR) is 90.0 cm³/mol. The van der Waals surface area contributed by atoms with Crippen molar-refractivity contribution in [3.05, 3.63) is 38.7 Å². The third-order valence-corrected chi connectivity index (χ3v) is 4.43. The summed E-state index contributed by atoms with van der Waals surface area (Å²) in [4.78, 5) is 35.0. The third kappa shape index (κ3) is 3.46. The van der Waals surface area contributed by atoms with E-state index in [1.165, 1.54) is 6.07 Å². The highest BCUT2D eigenvalue weighted by Crippen LogP contribution is 2.31.